The van der Waals surface area contributed by atoms with Gasteiger partial charge in [0.15, 0.2) is 0 Å². The van der Waals surface area contributed by atoms with Crippen molar-refractivity contribution in [1.29, 1.82) is 0 Å². The third kappa shape index (κ3) is 3.63. The fourth-order valence-corrected chi connectivity index (χ4v) is 2.86. The number of benzene rings is 1. The van der Waals surface area contributed by atoms with Gasteiger partial charge in [0.1, 0.15) is 0 Å². The summed E-state index contributed by atoms with van der Waals surface area (Å²) in [5.74, 6) is -0.346. The predicted molar refractivity (Wildman–Crippen MR) is 88.4 cm³/mol. The number of non-ortho nitro benzene ring substituents is 1. The molecule has 3 rings (SSSR count). The lowest BCUT2D eigenvalue weighted by Gasteiger charge is -2.04. The minimum absolute atomic E-state index is 0.106. The van der Waals surface area contributed by atoms with Crippen molar-refractivity contribution in [3.63, 3.8) is 0 Å². The number of carbonyl (C=O) groups is 1. The van der Waals surface area contributed by atoms with Gasteiger partial charge in [-0.15, -0.1) is 11.3 Å². The minimum Gasteiger partial charge on any atom is -0.352 e. The molecule has 9 heteroatoms. The van der Waals surface area contributed by atoms with E-state index in [-0.39, 0.29) is 17.2 Å². The lowest BCUT2D eigenvalue weighted by Crippen LogP contribution is -2.25. The zero-order valence-corrected chi connectivity index (χ0v) is 13.3. The first-order valence-electron chi connectivity index (χ1n) is 7.10. The molecule has 0 aliphatic heterocycles. The van der Waals surface area contributed by atoms with Gasteiger partial charge in [0.25, 0.3) is 11.6 Å². The van der Waals surface area contributed by atoms with Gasteiger partial charge in [-0.05, 0) is 12.1 Å². The molecule has 0 aliphatic rings. The summed E-state index contributed by atoms with van der Waals surface area (Å²) >= 11 is 1.47. The summed E-state index contributed by atoms with van der Waals surface area (Å²) < 4.78 is 1.68. The standard InChI is InChI=1S/C15H13N5O3S/c21-14(11-3-1-4-13(9-11)20(22)23)16-7-5-12-10-24-15(18-12)19-8-2-6-17-19/h1-4,6,8-10H,5,7H2,(H,16,21). The van der Waals surface area contributed by atoms with Gasteiger partial charge >= 0.3 is 0 Å². The van der Waals surface area contributed by atoms with E-state index in [0.29, 0.717) is 13.0 Å². The van der Waals surface area contributed by atoms with E-state index in [1.165, 1.54) is 29.5 Å². The summed E-state index contributed by atoms with van der Waals surface area (Å²) in [6.07, 6.45) is 4.06. The van der Waals surface area contributed by atoms with E-state index in [9.17, 15) is 14.9 Å². The number of nitro groups is 1. The molecule has 0 saturated carbocycles. The van der Waals surface area contributed by atoms with Crippen molar-refractivity contribution in [2.24, 2.45) is 0 Å². The fourth-order valence-electron chi connectivity index (χ4n) is 2.07. The molecule has 0 aliphatic carbocycles. The van der Waals surface area contributed by atoms with Crippen LogP contribution >= 0.6 is 11.3 Å². The van der Waals surface area contributed by atoms with Crippen LogP contribution in [-0.2, 0) is 6.42 Å². The van der Waals surface area contributed by atoms with E-state index in [2.05, 4.69) is 15.4 Å². The average Bonchev–Trinajstić information content (AvgIpc) is 3.26. The van der Waals surface area contributed by atoms with Crippen LogP contribution in [0, 0.1) is 10.1 Å². The summed E-state index contributed by atoms with van der Waals surface area (Å²) in [6, 6.07) is 7.46. The molecule has 0 spiro atoms. The van der Waals surface area contributed by atoms with Crippen LogP contribution in [0.5, 0.6) is 0 Å². The molecular weight excluding hydrogens is 330 g/mol. The molecule has 2 heterocycles. The fraction of sp³-hybridized carbons (Fsp3) is 0.133. The molecular formula is C15H13N5O3S. The highest BCUT2D eigenvalue weighted by molar-refractivity contribution is 7.12. The second-order valence-electron chi connectivity index (χ2n) is 4.89. The van der Waals surface area contributed by atoms with Crippen LogP contribution in [0.1, 0.15) is 16.1 Å². The van der Waals surface area contributed by atoms with E-state index < -0.39 is 4.92 Å². The van der Waals surface area contributed by atoms with Gasteiger partial charge in [0, 0.05) is 48.4 Å². The molecule has 3 aromatic rings. The van der Waals surface area contributed by atoms with Gasteiger partial charge in [-0.1, -0.05) is 6.07 Å². The maximum Gasteiger partial charge on any atom is 0.270 e. The number of aromatic nitrogens is 3. The molecule has 122 valence electrons. The van der Waals surface area contributed by atoms with Crippen molar-refractivity contribution in [3.8, 4) is 5.13 Å². The van der Waals surface area contributed by atoms with Crippen LogP contribution in [0.3, 0.4) is 0 Å². The van der Waals surface area contributed by atoms with Gasteiger partial charge in [-0.25, -0.2) is 9.67 Å². The first kappa shape index (κ1) is 15.8. The summed E-state index contributed by atoms with van der Waals surface area (Å²) in [4.78, 5) is 26.7. The van der Waals surface area contributed by atoms with Crippen LogP contribution < -0.4 is 5.32 Å². The molecule has 24 heavy (non-hydrogen) atoms. The van der Waals surface area contributed by atoms with E-state index in [0.717, 1.165) is 10.8 Å². The Labute approximate surface area is 140 Å². The van der Waals surface area contributed by atoms with Crippen molar-refractivity contribution in [3.05, 3.63) is 69.5 Å². The lowest BCUT2D eigenvalue weighted by atomic mass is 10.2. The van der Waals surface area contributed by atoms with E-state index in [1.807, 2.05) is 17.6 Å². The van der Waals surface area contributed by atoms with Crippen LogP contribution in [-0.4, -0.2) is 32.1 Å². The summed E-state index contributed by atoms with van der Waals surface area (Å²) in [5, 5.41) is 20.3. The first-order chi connectivity index (χ1) is 11.6. The van der Waals surface area contributed by atoms with Crippen LogP contribution in [0.15, 0.2) is 48.1 Å². The molecule has 1 amide bonds. The van der Waals surface area contributed by atoms with Crippen LogP contribution in [0.25, 0.3) is 5.13 Å². The number of nitrogens with zero attached hydrogens (tertiary/aromatic N) is 4. The Bertz CT molecular complexity index is 860. The second kappa shape index (κ2) is 7.01. The van der Waals surface area contributed by atoms with Gasteiger partial charge in [0.2, 0.25) is 5.13 Å². The third-order valence-corrected chi connectivity index (χ3v) is 4.10. The molecule has 0 fully saturated rings. The Balaban J connectivity index is 1.55. The topological polar surface area (TPSA) is 103 Å². The lowest BCUT2D eigenvalue weighted by molar-refractivity contribution is -0.384. The number of hydrogen-bond donors (Lipinski definition) is 1. The zero-order chi connectivity index (χ0) is 16.9. The van der Waals surface area contributed by atoms with Crippen molar-refractivity contribution in [2.75, 3.05) is 6.54 Å². The molecule has 0 atom stereocenters. The quantitative estimate of drug-likeness (QED) is 0.546. The molecule has 0 unspecified atom stereocenters. The Kier molecular flexibility index (Phi) is 4.62. The van der Waals surface area contributed by atoms with Gasteiger partial charge < -0.3 is 5.32 Å². The van der Waals surface area contributed by atoms with Crippen LogP contribution in [0.4, 0.5) is 5.69 Å². The smallest absolute Gasteiger partial charge is 0.270 e. The Morgan fingerprint density at radius 1 is 1.38 bits per heavy atom. The summed E-state index contributed by atoms with van der Waals surface area (Å²) in [7, 11) is 0. The summed E-state index contributed by atoms with van der Waals surface area (Å²) in [6.45, 7) is 0.393. The van der Waals surface area contributed by atoms with Crippen molar-refractivity contribution in [2.45, 2.75) is 6.42 Å². The van der Waals surface area contributed by atoms with Crippen molar-refractivity contribution in [1.82, 2.24) is 20.1 Å². The number of hydrogen-bond acceptors (Lipinski definition) is 6. The molecule has 8 nitrogen and oxygen atoms in total. The predicted octanol–water partition coefficient (Wildman–Crippen LogP) is 2.21. The SMILES string of the molecule is O=C(NCCc1csc(-n2cccn2)n1)c1cccc([N+](=O)[O-])c1. The molecule has 2 aromatic heterocycles. The van der Waals surface area contributed by atoms with E-state index in [4.69, 9.17) is 0 Å². The number of carbonyl (C=O) groups excluding carboxylic acids is 1. The van der Waals surface area contributed by atoms with Crippen molar-refractivity contribution >= 4 is 22.9 Å². The monoisotopic (exact) mass is 343 g/mol. The minimum atomic E-state index is -0.525. The molecule has 1 aromatic carbocycles. The Hall–Kier alpha value is -3.07. The Morgan fingerprint density at radius 3 is 3.00 bits per heavy atom. The number of thiazole rings is 1. The van der Waals surface area contributed by atoms with E-state index >= 15 is 0 Å². The zero-order valence-electron chi connectivity index (χ0n) is 12.5. The Morgan fingerprint density at radius 2 is 2.25 bits per heavy atom. The van der Waals surface area contributed by atoms with Crippen molar-refractivity contribution < 1.29 is 9.72 Å². The average molecular weight is 343 g/mol. The highest BCUT2D eigenvalue weighted by Crippen LogP contribution is 2.15. The molecule has 0 radical (unpaired) electrons. The maximum absolute atomic E-state index is 12.0. The maximum atomic E-state index is 12.0. The third-order valence-electron chi connectivity index (χ3n) is 3.23. The largest absolute Gasteiger partial charge is 0.352 e. The molecule has 1 N–H and O–H groups in total. The number of nitrogens with one attached hydrogen (secondary N) is 1. The number of nitro benzene ring substituents is 1. The number of rotatable bonds is 6. The molecule has 0 bridgehead atoms. The normalized spacial score (nSPS) is 10.5. The second-order valence-corrected chi connectivity index (χ2v) is 5.72. The van der Waals surface area contributed by atoms with Crippen LogP contribution in [0.2, 0.25) is 0 Å². The molecule has 0 saturated heterocycles. The van der Waals surface area contributed by atoms with E-state index in [1.54, 1.807) is 16.9 Å². The summed E-state index contributed by atoms with van der Waals surface area (Å²) in [5.41, 5.74) is 1.01. The number of amides is 1. The van der Waals surface area contributed by atoms with Gasteiger partial charge in [0.05, 0.1) is 10.6 Å². The highest BCUT2D eigenvalue weighted by atomic mass is 32.1. The van der Waals surface area contributed by atoms with Gasteiger partial charge in [-0.2, -0.15) is 5.10 Å². The van der Waals surface area contributed by atoms with Gasteiger partial charge in [-0.3, -0.25) is 14.9 Å². The highest BCUT2D eigenvalue weighted by Gasteiger charge is 2.11. The first-order valence-corrected chi connectivity index (χ1v) is 7.98.